The fraction of sp³-hybridized carbons (Fsp3) is 0.647. The quantitative estimate of drug-likeness (QED) is 0.628. The zero-order valence-electron chi connectivity index (χ0n) is 12.9. The van der Waals surface area contributed by atoms with E-state index in [2.05, 4.69) is 60.9 Å². The van der Waals surface area contributed by atoms with Crippen molar-refractivity contribution in [3.05, 3.63) is 30.3 Å². The van der Waals surface area contributed by atoms with Gasteiger partial charge in [0.1, 0.15) is 0 Å². The molecule has 0 heterocycles. The van der Waals surface area contributed by atoms with Crippen LogP contribution in [0.5, 0.6) is 0 Å². The summed E-state index contributed by atoms with van der Waals surface area (Å²) < 4.78 is 0. The first kappa shape index (κ1) is 16.0. The molecule has 0 N–H and O–H groups in total. The Bertz CT molecular complexity index is 304. The number of hydrogen-bond acceptors (Lipinski definition) is 2. The number of hydrogen-bond donors (Lipinski definition) is 0. The van der Waals surface area contributed by atoms with Crippen molar-refractivity contribution in [1.82, 2.24) is 4.90 Å². The summed E-state index contributed by atoms with van der Waals surface area (Å²) >= 11 is 0. The van der Waals surface area contributed by atoms with Gasteiger partial charge in [0.15, 0.2) is 0 Å². The van der Waals surface area contributed by atoms with Crippen LogP contribution in [0.3, 0.4) is 0 Å². The van der Waals surface area contributed by atoms with Crippen molar-refractivity contribution in [3.8, 4) is 0 Å². The van der Waals surface area contributed by atoms with Gasteiger partial charge in [-0.05, 0) is 58.0 Å². The standard InChI is InChI=1S/C17H30N2/c1-4-13-18(14-5-2)15-10-16-19(6-3)17-11-8-7-9-12-17/h7-9,11-12H,4-6,10,13-16H2,1-3H3. The van der Waals surface area contributed by atoms with E-state index in [9.17, 15) is 0 Å². The highest BCUT2D eigenvalue weighted by Crippen LogP contribution is 2.13. The summed E-state index contributed by atoms with van der Waals surface area (Å²) in [4.78, 5) is 5.06. The molecule has 0 aliphatic rings. The highest BCUT2D eigenvalue weighted by atomic mass is 15.1. The smallest absolute Gasteiger partial charge is 0.0366 e. The summed E-state index contributed by atoms with van der Waals surface area (Å²) in [5.74, 6) is 0. The third-order valence-electron chi connectivity index (χ3n) is 3.49. The molecule has 2 heteroatoms. The molecule has 0 spiro atoms. The summed E-state index contributed by atoms with van der Waals surface area (Å²) in [5.41, 5.74) is 1.35. The lowest BCUT2D eigenvalue weighted by Crippen LogP contribution is -2.31. The van der Waals surface area contributed by atoms with Gasteiger partial charge in [0.2, 0.25) is 0 Å². The molecule has 1 aromatic carbocycles. The molecular formula is C17H30N2. The highest BCUT2D eigenvalue weighted by molar-refractivity contribution is 5.45. The molecule has 0 radical (unpaired) electrons. The van der Waals surface area contributed by atoms with Gasteiger partial charge in [-0.3, -0.25) is 0 Å². The van der Waals surface area contributed by atoms with Gasteiger partial charge in [0.05, 0.1) is 0 Å². The minimum absolute atomic E-state index is 1.09. The number of nitrogens with zero attached hydrogens (tertiary/aromatic N) is 2. The second kappa shape index (κ2) is 9.85. The third-order valence-corrected chi connectivity index (χ3v) is 3.49. The lowest BCUT2D eigenvalue weighted by molar-refractivity contribution is 0.272. The first-order valence-electron chi connectivity index (χ1n) is 7.84. The van der Waals surface area contributed by atoms with Crippen LogP contribution >= 0.6 is 0 Å². The third kappa shape index (κ3) is 6.11. The van der Waals surface area contributed by atoms with Gasteiger partial charge < -0.3 is 9.80 Å². The fourth-order valence-corrected chi connectivity index (χ4v) is 2.56. The Balaban J connectivity index is 2.37. The largest absolute Gasteiger partial charge is 0.372 e. The Morgan fingerprint density at radius 3 is 1.95 bits per heavy atom. The molecule has 0 saturated heterocycles. The summed E-state index contributed by atoms with van der Waals surface area (Å²) in [5, 5.41) is 0. The molecular weight excluding hydrogens is 232 g/mol. The van der Waals surface area contributed by atoms with E-state index in [0.29, 0.717) is 0 Å². The van der Waals surface area contributed by atoms with Crippen LogP contribution in [0.15, 0.2) is 30.3 Å². The van der Waals surface area contributed by atoms with Crippen LogP contribution < -0.4 is 4.90 Å². The van der Waals surface area contributed by atoms with E-state index in [1.165, 1.54) is 44.6 Å². The molecule has 0 bridgehead atoms. The number of para-hydroxylation sites is 1. The number of benzene rings is 1. The fourth-order valence-electron chi connectivity index (χ4n) is 2.56. The molecule has 0 amide bonds. The van der Waals surface area contributed by atoms with Crippen molar-refractivity contribution in [2.24, 2.45) is 0 Å². The van der Waals surface area contributed by atoms with Gasteiger partial charge in [-0.25, -0.2) is 0 Å². The Labute approximate surface area is 119 Å². The average molecular weight is 262 g/mol. The second-order valence-electron chi connectivity index (χ2n) is 5.11. The Kier molecular flexibility index (Phi) is 8.31. The monoisotopic (exact) mass is 262 g/mol. The van der Waals surface area contributed by atoms with E-state index in [1.54, 1.807) is 0 Å². The zero-order valence-corrected chi connectivity index (χ0v) is 12.9. The van der Waals surface area contributed by atoms with Crippen molar-refractivity contribution in [2.75, 3.05) is 37.6 Å². The maximum atomic E-state index is 2.60. The Morgan fingerprint density at radius 2 is 1.42 bits per heavy atom. The van der Waals surface area contributed by atoms with E-state index in [0.717, 1.165) is 13.1 Å². The van der Waals surface area contributed by atoms with Gasteiger partial charge in [0, 0.05) is 18.8 Å². The summed E-state index contributed by atoms with van der Waals surface area (Å²) in [6, 6.07) is 10.7. The van der Waals surface area contributed by atoms with Crippen molar-refractivity contribution in [2.45, 2.75) is 40.0 Å². The van der Waals surface area contributed by atoms with Crippen molar-refractivity contribution in [1.29, 1.82) is 0 Å². The van der Waals surface area contributed by atoms with E-state index in [1.807, 2.05) is 0 Å². The van der Waals surface area contributed by atoms with Gasteiger partial charge >= 0.3 is 0 Å². The Morgan fingerprint density at radius 1 is 0.789 bits per heavy atom. The predicted octanol–water partition coefficient (Wildman–Crippen LogP) is 4.03. The molecule has 0 unspecified atom stereocenters. The maximum Gasteiger partial charge on any atom is 0.0366 e. The summed E-state index contributed by atoms with van der Waals surface area (Å²) in [6.07, 6.45) is 3.77. The number of rotatable bonds is 10. The maximum absolute atomic E-state index is 2.60. The Hall–Kier alpha value is -1.02. The lowest BCUT2D eigenvalue weighted by Gasteiger charge is -2.26. The van der Waals surface area contributed by atoms with Crippen molar-refractivity contribution >= 4 is 5.69 Å². The van der Waals surface area contributed by atoms with Crippen LogP contribution in [0.1, 0.15) is 40.0 Å². The molecule has 1 aromatic rings. The van der Waals surface area contributed by atoms with Gasteiger partial charge in [-0.2, -0.15) is 0 Å². The van der Waals surface area contributed by atoms with Gasteiger partial charge in [0.25, 0.3) is 0 Å². The topological polar surface area (TPSA) is 6.48 Å². The lowest BCUT2D eigenvalue weighted by atomic mass is 10.2. The number of anilines is 1. The normalized spacial score (nSPS) is 10.9. The highest BCUT2D eigenvalue weighted by Gasteiger charge is 2.06. The van der Waals surface area contributed by atoms with E-state index < -0.39 is 0 Å². The summed E-state index contributed by atoms with van der Waals surface area (Å²) in [6.45, 7) is 12.7. The van der Waals surface area contributed by atoms with Crippen molar-refractivity contribution < 1.29 is 0 Å². The first-order chi connectivity index (χ1) is 9.31. The molecule has 19 heavy (non-hydrogen) atoms. The van der Waals surface area contributed by atoms with Gasteiger partial charge in [-0.15, -0.1) is 0 Å². The SMILES string of the molecule is CCCN(CCC)CCCN(CC)c1ccccc1. The van der Waals surface area contributed by atoms with Crippen LogP contribution in [0, 0.1) is 0 Å². The molecule has 0 saturated carbocycles. The average Bonchev–Trinajstić information content (AvgIpc) is 2.45. The molecule has 0 aromatic heterocycles. The molecule has 0 atom stereocenters. The zero-order chi connectivity index (χ0) is 13.9. The molecule has 108 valence electrons. The minimum Gasteiger partial charge on any atom is -0.372 e. The predicted molar refractivity (Wildman–Crippen MR) is 86.0 cm³/mol. The molecule has 1 rings (SSSR count). The van der Waals surface area contributed by atoms with Crippen LogP contribution in [-0.2, 0) is 0 Å². The summed E-state index contributed by atoms with van der Waals surface area (Å²) in [7, 11) is 0. The van der Waals surface area contributed by atoms with Crippen molar-refractivity contribution in [3.63, 3.8) is 0 Å². The van der Waals surface area contributed by atoms with E-state index in [4.69, 9.17) is 0 Å². The first-order valence-corrected chi connectivity index (χ1v) is 7.84. The van der Waals surface area contributed by atoms with Crippen LogP contribution in [0.25, 0.3) is 0 Å². The van der Waals surface area contributed by atoms with Crippen LogP contribution in [0.2, 0.25) is 0 Å². The van der Waals surface area contributed by atoms with E-state index >= 15 is 0 Å². The second-order valence-corrected chi connectivity index (χ2v) is 5.11. The minimum atomic E-state index is 1.09. The molecule has 2 nitrogen and oxygen atoms in total. The molecule has 0 fully saturated rings. The van der Waals surface area contributed by atoms with Crippen LogP contribution in [-0.4, -0.2) is 37.6 Å². The van der Waals surface area contributed by atoms with E-state index in [-0.39, 0.29) is 0 Å². The molecule has 0 aliphatic heterocycles. The van der Waals surface area contributed by atoms with Crippen LogP contribution in [0.4, 0.5) is 5.69 Å². The van der Waals surface area contributed by atoms with Gasteiger partial charge in [-0.1, -0.05) is 32.0 Å². The molecule has 0 aliphatic carbocycles.